The fourth-order valence-corrected chi connectivity index (χ4v) is 11.2. The molecule has 1 heterocycles. The molecule has 0 aliphatic heterocycles. The lowest BCUT2D eigenvalue weighted by Crippen LogP contribution is -2.12. The van der Waals surface area contributed by atoms with Gasteiger partial charge in [-0.15, -0.1) is 0 Å². The Bertz CT molecular complexity index is 4740. The number of benzene rings is 11. The maximum Gasteiger partial charge on any atom is 0.288 e. The molecule has 0 unspecified atom stereocenters. The molecule has 17 heteroatoms. The van der Waals surface area contributed by atoms with Gasteiger partial charge in [0.1, 0.15) is 22.9 Å². The summed E-state index contributed by atoms with van der Waals surface area (Å²) in [5.41, 5.74) is 14.5. The number of hydrogen-bond donors (Lipinski definition) is 1. The molecule has 466 valence electrons. The summed E-state index contributed by atoms with van der Waals surface area (Å²) in [4.78, 5) is 65.0. The van der Waals surface area contributed by atoms with Crippen LogP contribution in [-0.2, 0) is 0 Å². The van der Waals surface area contributed by atoms with Crippen LogP contribution in [0.4, 0.5) is 37.2 Å². The van der Waals surface area contributed by atoms with Crippen molar-refractivity contribution in [2.75, 3.05) is 50.8 Å². The van der Waals surface area contributed by atoms with Crippen LogP contribution in [0.5, 0.6) is 5.75 Å². The van der Waals surface area contributed by atoms with Crippen LogP contribution in [0.15, 0.2) is 261 Å². The first-order valence-corrected chi connectivity index (χ1v) is 29.8. The summed E-state index contributed by atoms with van der Waals surface area (Å²) in [6.45, 7) is 0. The number of ether oxygens (including phenoxy) is 1. The molecule has 94 heavy (non-hydrogen) atoms. The van der Waals surface area contributed by atoms with Gasteiger partial charge >= 0.3 is 0 Å². The lowest BCUT2D eigenvalue weighted by molar-refractivity contribution is -0.384. The van der Waals surface area contributed by atoms with Crippen molar-refractivity contribution >= 4 is 51.6 Å². The smallest absolute Gasteiger partial charge is 0.288 e. The van der Waals surface area contributed by atoms with Crippen molar-refractivity contribution < 1.29 is 33.0 Å². The van der Waals surface area contributed by atoms with E-state index in [9.17, 15) is 38.6 Å². The first-order chi connectivity index (χ1) is 45.4. The molecule has 0 aliphatic carbocycles. The molecule has 0 spiro atoms. The first kappa shape index (κ1) is 65.0. The number of methoxy groups -OCH3 is 1. The third kappa shape index (κ3) is 14.4. The second-order valence-electron chi connectivity index (χ2n) is 21.8. The van der Waals surface area contributed by atoms with Gasteiger partial charge in [-0.1, -0.05) is 169 Å². The number of hydrogen-bond acceptors (Lipinski definition) is 12. The Labute approximate surface area is 546 Å². The zero-order chi connectivity index (χ0) is 66.6. The highest BCUT2D eigenvalue weighted by Crippen LogP contribution is 2.51. The van der Waals surface area contributed by atoms with Gasteiger partial charge in [0.05, 0.1) is 33.6 Å². The van der Waals surface area contributed by atoms with Crippen LogP contribution in [0, 0.1) is 31.9 Å². The molecule has 0 aliphatic rings. The van der Waals surface area contributed by atoms with Crippen molar-refractivity contribution in [2.45, 2.75) is 0 Å². The number of anilines is 3. The molecule has 11 aromatic carbocycles. The SMILES string of the molecule is CN(C)c1cccc(-c2ncccn2)c1.CN(C)c1ccccc1-c1cc(C(=O)c2ccccc2)c(-c2ccccc2Cl)c([N+](=O)[O-])c1-c1ccc(F)cc1.COc1ccc(-c2cc(C(=O)c3ccccc3)c([N+](=O)[O-])c(-c3cccc(F)c3)c2-c2ccc(N)cc2)cc1. The molecule has 0 amide bonds. The quantitative estimate of drug-likeness (QED) is 0.0418. The van der Waals surface area contributed by atoms with E-state index in [4.69, 9.17) is 22.1 Å². The molecular formula is C77H60ClF2N7O7. The van der Waals surface area contributed by atoms with E-state index in [2.05, 4.69) is 27.0 Å². The highest BCUT2D eigenvalue weighted by atomic mass is 35.5. The van der Waals surface area contributed by atoms with Gasteiger partial charge in [0, 0.05) is 102 Å². The summed E-state index contributed by atoms with van der Waals surface area (Å²) in [5, 5.41) is 26.0. The summed E-state index contributed by atoms with van der Waals surface area (Å²) in [5.74, 6) is -0.534. The number of rotatable bonds is 16. The average molecular weight is 1270 g/mol. The fourth-order valence-electron chi connectivity index (χ4n) is 10.9. The van der Waals surface area contributed by atoms with Gasteiger partial charge in [-0.25, -0.2) is 18.7 Å². The molecule has 12 rings (SSSR count). The number of aromatic nitrogens is 2. The lowest BCUT2D eigenvalue weighted by atomic mass is 9.83. The van der Waals surface area contributed by atoms with Crippen LogP contribution < -0.4 is 20.3 Å². The van der Waals surface area contributed by atoms with Crippen molar-refractivity contribution in [3.05, 3.63) is 320 Å². The van der Waals surface area contributed by atoms with Gasteiger partial charge in [0.15, 0.2) is 17.4 Å². The molecule has 12 aromatic rings. The maximum atomic E-state index is 14.5. The zero-order valence-electron chi connectivity index (χ0n) is 51.6. The molecule has 0 fully saturated rings. The van der Waals surface area contributed by atoms with Gasteiger partial charge < -0.3 is 20.3 Å². The summed E-state index contributed by atoms with van der Waals surface area (Å²) in [7, 11) is 9.34. The number of nitro groups is 2. The van der Waals surface area contributed by atoms with E-state index in [1.54, 1.807) is 159 Å². The van der Waals surface area contributed by atoms with Crippen LogP contribution in [0.2, 0.25) is 5.02 Å². The van der Waals surface area contributed by atoms with E-state index in [1.807, 2.05) is 87.7 Å². The Balaban J connectivity index is 0.000000168. The number of nitro benzene ring substituents is 2. The van der Waals surface area contributed by atoms with Crippen molar-refractivity contribution in [3.8, 4) is 83.9 Å². The van der Waals surface area contributed by atoms with E-state index < -0.39 is 33.0 Å². The monoisotopic (exact) mass is 1270 g/mol. The third-order valence-electron chi connectivity index (χ3n) is 15.4. The molecule has 0 bridgehead atoms. The third-order valence-corrected chi connectivity index (χ3v) is 15.7. The number of nitrogens with two attached hydrogens (primary N) is 1. The topological polar surface area (TPSA) is 188 Å². The minimum atomic E-state index is -0.574. The molecule has 0 saturated heterocycles. The van der Waals surface area contributed by atoms with Crippen LogP contribution >= 0.6 is 11.6 Å². The Morgan fingerprint density at radius 1 is 0.457 bits per heavy atom. The number of carbonyl (C=O) groups excluding carboxylic acids is 2. The van der Waals surface area contributed by atoms with Gasteiger partial charge in [-0.05, 0) is 124 Å². The Kier molecular flexibility index (Phi) is 20.2. The molecule has 0 saturated carbocycles. The van der Waals surface area contributed by atoms with E-state index in [1.165, 1.54) is 42.5 Å². The molecule has 14 nitrogen and oxygen atoms in total. The number of ketones is 2. The fraction of sp³-hybridized carbons (Fsp3) is 0.0649. The largest absolute Gasteiger partial charge is 0.497 e. The van der Waals surface area contributed by atoms with E-state index in [-0.39, 0.29) is 49.9 Å². The molecule has 0 radical (unpaired) electrons. The number of halogens is 3. The normalized spacial score (nSPS) is 10.6. The maximum absolute atomic E-state index is 14.5. The molecule has 0 atom stereocenters. The van der Waals surface area contributed by atoms with Crippen LogP contribution in [0.3, 0.4) is 0 Å². The lowest BCUT2D eigenvalue weighted by Gasteiger charge is -2.22. The minimum Gasteiger partial charge on any atom is -0.497 e. The highest BCUT2D eigenvalue weighted by Gasteiger charge is 2.35. The van der Waals surface area contributed by atoms with Gasteiger partial charge in [0.2, 0.25) is 0 Å². The Morgan fingerprint density at radius 3 is 1.57 bits per heavy atom. The summed E-state index contributed by atoms with van der Waals surface area (Å²) in [6, 6.07) is 69.6. The number of para-hydroxylation sites is 1. The van der Waals surface area contributed by atoms with Crippen LogP contribution in [0.25, 0.3) is 78.1 Å². The number of nitrogen functional groups attached to an aromatic ring is 1. The number of nitrogens with zero attached hydrogens (tertiary/aromatic N) is 6. The Morgan fingerprint density at radius 2 is 0.989 bits per heavy atom. The van der Waals surface area contributed by atoms with Gasteiger partial charge in [-0.3, -0.25) is 29.8 Å². The van der Waals surface area contributed by atoms with Crippen LogP contribution in [0.1, 0.15) is 31.8 Å². The van der Waals surface area contributed by atoms with E-state index >= 15 is 0 Å². The highest BCUT2D eigenvalue weighted by molar-refractivity contribution is 6.34. The standard InChI is InChI=1S/C33H24ClFN2O3.C32H23FN2O4.C12H13N3/c1-36(2)29-15-9-7-12-24(29)26-20-27(33(38)22-10-4-3-5-11-22)31(25-13-6-8-14-28(25)34)32(37(39)40)30(26)21-16-18-23(35)19-17-21;1-39-26-16-12-20(13-17-26)27-19-28(32(36)22-6-3-2-4-7-22)31(35(37)38)30(23-8-5-9-24(33)18-23)29(27)21-10-14-25(34)15-11-21;1-15(2)11-6-3-5-10(9-11)12-13-7-4-8-14-12/h3-20H,1-2H3;2-19H,34H2,1H3;3-9H,1-2H3. The van der Waals surface area contributed by atoms with Crippen molar-refractivity contribution in [1.82, 2.24) is 9.97 Å². The predicted octanol–water partition coefficient (Wildman–Crippen LogP) is 18.5. The summed E-state index contributed by atoms with van der Waals surface area (Å²) in [6.07, 6.45) is 3.51. The minimum absolute atomic E-state index is 0.101. The van der Waals surface area contributed by atoms with E-state index in [0.717, 1.165) is 22.8 Å². The summed E-state index contributed by atoms with van der Waals surface area (Å²) < 4.78 is 33.9. The van der Waals surface area contributed by atoms with Crippen molar-refractivity contribution in [3.63, 3.8) is 0 Å². The van der Waals surface area contributed by atoms with Gasteiger partial charge in [-0.2, -0.15) is 0 Å². The first-order valence-electron chi connectivity index (χ1n) is 29.4. The molecule has 1 aromatic heterocycles. The second kappa shape index (κ2) is 29.3. The van der Waals surface area contributed by atoms with Gasteiger partial charge in [0.25, 0.3) is 11.4 Å². The number of carbonyl (C=O) groups is 2. The predicted molar refractivity (Wildman–Crippen MR) is 371 cm³/mol. The van der Waals surface area contributed by atoms with E-state index in [0.29, 0.717) is 67.1 Å². The average Bonchev–Trinajstić information content (AvgIpc) is 0.745. The molecule has 2 N–H and O–H groups in total. The summed E-state index contributed by atoms with van der Waals surface area (Å²) >= 11 is 6.61. The second-order valence-corrected chi connectivity index (χ2v) is 22.2. The zero-order valence-corrected chi connectivity index (χ0v) is 52.3. The molecular weight excluding hydrogens is 1210 g/mol. The van der Waals surface area contributed by atoms with Crippen molar-refractivity contribution in [2.24, 2.45) is 0 Å². The van der Waals surface area contributed by atoms with Crippen LogP contribution in [-0.4, -0.2) is 66.7 Å². The Hall–Kier alpha value is -12.0. The van der Waals surface area contributed by atoms with Crippen molar-refractivity contribution in [1.29, 1.82) is 0 Å².